The molecule has 1 aromatic heterocycles. The zero-order valence-corrected chi connectivity index (χ0v) is 7.56. The summed E-state index contributed by atoms with van der Waals surface area (Å²) >= 11 is 0. The number of nitrogens with zero attached hydrogens (tertiary/aromatic N) is 3. The van der Waals surface area contributed by atoms with Gasteiger partial charge in [-0.2, -0.15) is 0 Å². The van der Waals surface area contributed by atoms with E-state index in [4.69, 9.17) is 0 Å². The quantitative estimate of drug-likeness (QED) is 0.610. The zero-order valence-electron chi connectivity index (χ0n) is 7.56. The molecule has 1 unspecified atom stereocenters. The van der Waals surface area contributed by atoms with Gasteiger partial charge in [-0.05, 0) is 0 Å². The smallest absolute Gasteiger partial charge is 0.254 e. The fraction of sp³-hybridized carbons (Fsp3) is 0.250. The van der Waals surface area contributed by atoms with Crippen LogP contribution >= 0.6 is 0 Å². The van der Waals surface area contributed by atoms with Crippen LogP contribution in [0.25, 0.3) is 0 Å². The van der Waals surface area contributed by atoms with Crippen LogP contribution in [0.5, 0.6) is 0 Å². The van der Waals surface area contributed by atoms with Crippen LogP contribution in [0.3, 0.4) is 0 Å². The van der Waals surface area contributed by atoms with Gasteiger partial charge in [0.25, 0.3) is 5.91 Å². The highest BCUT2D eigenvalue weighted by Crippen LogP contribution is 2.13. The number of rotatable bonds is 1. The van der Waals surface area contributed by atoms with E-state index >= 15 is 0 Å². The average molecular weight is 191 g/mol. The number of aromatic nitrogens is 2. The largest absolute Gasteiger partial charge is 0.340 e. The Bertz CT molecular complexity index is 375. The standard InChI is InChI=1S/C8H9N5O/c1-9-8-12-6(7(14)13-8)5-2-10-4-11-3-5/h2-4,6H,1H3,(H2,9,12,13,14). The summed E-state index contributed by atoms with van der Waals surface area (Å²) in [5, 5.41) is 5.51. The van der Waals surface area contributed by atoms with Crippen molar-refractivity contribution >= 4 is 11.9 Å². The van der Waals surface area contributed by atoms with Gasteiger partial charge in [0.1, 0.15) is 12.4 Å². The normalized spacial score (nSPS) is 23.4. The molecule has 2 N–H and O–H groups in total. The number of guanidine groups is 1. The highest BCUT2D eigenvalue weighted by atomic mass is 16.2. The molecule has 1 aliphatic rings. The first-order chi connectivity index (χ1) is 6.81. The molecule has 1 aliphatic heterocycles. The molecule has 1 aromatic rings. The lowest BCUT2D eigenvalue weighted by Crippen LogP contribution is -2.24. The minimum absolute atomic E-state index is 0.139. The molecule has 6 heteroatoms. The van der Waals surface area contributed by atoms with E-state index in [0.29, 0.717) is 5.96 Å². The van der Waals surface area contributed by atoms with Crippen LogP contribution in [-0.4, -0.2) is 28.9 Å². The van der Waals surface area contributed by atoms with Crippen LogP contribution in [0.1, 0.15) is 11.6 Å². The molecule has 0 aliphatic carbocycles. The van der Waals surface area contributed by atoms with Gasteiger partial charge in [0.05, 0.1) is 0 Å². The third-order valence-corrected chi connectivity index (χ3v) is 1.92. The number of carbonyl (C=O) groups is 1. The Labute approximate surface area is 80.5 Å². The summed E-state index contributed by atoms with van der Waals surface area (Å²) in [4.78, 5) is 23.0. The van der Waals surface area contributed by atoms with Crippen molar-refractivity contribution in [1.29, 1.82) is 0 Å². The molecule has 2 rings (SSSR count). The Morgan fingerprint density at radius 2 is 2.14 bits per heavy atom. The third-order valence-electron chi connectivity index (χ3n) is 1.92. The van der Waals surface area contributed by atoms with E-state index in [1.54, 1.807) is 19.4 Å². The van der Waals surface area contributed by atoms with E-state index in [1.807, 2.05) is 0 Å². The lowest BCUT2D eigenvalue weighted by molar-refractivity contribution is -0.120. The summed E-state index contributed by atoms with van der Waals surface area (Å²) in [6, 6.07) is -0.435. The van der Waals surface area contributed by atoms with E-state index in [9.17, 15) is 4.79 Å². The maximum Gasteiger partial charge on any atom is 0.254 e. The van der Waals surface area contributed by atoms with Crippen molar-refractivity contribution in [3.8, 4) is 0 Å². The lowest BCUT2D eigenvalue weighted by Gasteiger charge is -2.05. The monoisotopic (exact) mass is 191 g/mol. The van der Waals surface area contributed by atoms with Gasteiger partial charge in [-0.3, -0.25) is 15.1 Å². The number of hydrogen-bond donors (Lipinski definition) is 2. The van der Waals surface area contributed by atoms with Gasteiger partial charge in [0.2, 0.25) is 0 Å². The van der Waals surface area contributed by atoms with Gasteiger partial charge in [-0.25, -0.2) is 9.97 Å². The molecule has 1 fully saturated rings. The minimum atomic E-state index is -0.435. The molecule has 14 heavy (non-hydrogen) atoms. The SMILES string of the molecule is CN=C1NC(=O)C(c2cncnc2)N1. The first kappa shape index (κ1) is 8.61. The second kappa shape index (κ2) is 3.41. The summed E-state index contributed by atoms with van der Waals surface area (Å²) in [7, 11) is 1.60. The molecule has 1 atom stereocenters. The van der Waals surface area contributed by atoms with Gasteiger partial charge in [0.15, 0.2) is 5.96 Å². The van der Waals surface area contributed by atoms with Crippen molar-refractivity contribution in [2.75, 3.05) is 7.05 Å². The van der Waals surface area contributed by atoms with Crippen LogP contribution in [0.2, 0.25) is 0 Å². The maximum atomic E-state index is 11.4. The van der Waals surface area contributed by atoms with Crippen LogP contribution in [0.4, 0.5) is 0 Å². The molecule has 2 heterocycles. The molecule has 0 radical (unpaired) electrons. The second-order valence-electron chi connectivity index (χ2n) is 2.81. The molecule has 0 bridgehead atoms. The van der Waals surface area contributed by atoms with E-state index in [-0.39, 0.29) is 5.91 Å². The van der Waals surface area contributed by atoms with E-state index < -0.39 is 6.04 Å². The summed E-state index contributed by atoms with van der Waals surface area (Å²) in [5.41, 5.74) is 0.726. The molecule has 1 saturated heterocycles. The number of hydrogen-bond acceptors (Lipinski definition) is 4. The number of carbonyl (C=O) groups excluding carboxylic acids is 1. The topological polar surface area (TPSA) is 79.3 Å². The Hall–Kier alpha value is -1.98. The first-order valence-corrected chi connectivity index (χ1v) is 4.10. The van der Waals surface area contributed by atoms with Gasteiger partial charge >= 0.3 is 0 Å². The Morgan fingerprint density at radius 3 is 2.71 bits per heavy atom. The molecule has 0 saturated carbocycles. The van der Waals surface area contributed by atoms with Crippen LogP contribution in [0, 0.1) is 0 Å². The van der Waals surface area contributed by atoms with E-state index in [0.717, 1.165) is 5.56 Å². The highest BCUT2D eigenvalue weighted by Gasteiger charge is 2.29. The van der Waals surface area contributed by atoms with Crippen LogP contribution in [-0.2, 0) is 4.79 Å². The van der Waals surface area contributed by atoms with Gasteiger partial charge in [0, 0.05) is 25.0 Å². The molecule has 1 amide bonds. The van der Waals surface area contributed by atoms with Crippen molar-refractivity contribution in [1.82, 2.24) is 20.6 Å². The van der Waals surface area contributed by atoms with Crippen molar-refractivity contribution in [2.24, 2.45) is 4.99 Å². The maximum absolute atomic E-state index is 11.4. The van der Waals surface area contributed by atoms with Gasteiger partial charge in [-0.15, -0.1) is 0 Å². The number of nitrogens with one attached hydrogen (secondary N) is 2. The summed E-state index contributed by atoms with van der Waals surface area (Å²) in [6.45, 7) is 0. The Kier molecular flexibility index (Phi) is 2.10. The second-order valence-corrected chi connectivity index (χ2v) is 2.81. The molecule has 0 spiro atoms. The predicted molar refractivity (Wildman–Crippen MR) is 49.4 cm³/mol. The van der Waals surface area contributed by atoms with Crippen molar-refractivity contribution < 1.29 is 4.79 Å². The van der Waals surface area contributed by atoms with Gasteiger partial charge < -0.3 is 5.32 Å². The summed E-state index contributed by atoms with van der Waals surface area (Å²) in [5.74, 6) is 0.337. The van der Waals surface area contributed by atoms with Crippen LogP contribution < -0.4 is 10.6 Å². The number of aliphatic imine (C=N–C) groups is 1. The summed E-state index contributed by atoms with van der Waals surface area (Å²) in [6.07, 6.45) is 4.62. The molecule has 0 aromatic carbocycles. The van der Waals surface area contributed by atoms with Crippen LogP contribution in [0.15, 0.2) is 23.7 Å². The van der Waals surface area contributed by atoms with E-state index in [2.05, 4.69) is 25.6 Å². The molecule has 72 valence electrons. The molecule has 6 nitrogen and oxygen atoms in total. The molecular weight excluding hydrogens is 182 g/mol. The molecular formula is C8H9N5O. The third kappa shape index (κ3) is 1.41. The fourth-order valence-electron chi connectivity index (χ4n) is 1.24. The van der Waals surface area contributed by atoms with Crippen molar-refractivity contribution in [3.05, 3.63) is 24.3 Å². The zero-order chi connectivity index (χ0) is 9.97. The van der Waals surface area contributed by atoms with E-state index in [1.165, 1.54) is 6.33 Å². The predicted octanol–water partition coefficient (Wildman–Crippen LogP) is -0.777. The first-order valence-electron chi connectivity index (χ1n) is 4.10. The Balaban J connectivity index is 2.25. The average Bonchev–Trinajstić information content (AvgIpc) is 2.61. The highest BCUT2D eigenvalue weighted by molar-refractivity contribution is 6.06. The minimum Gasteiger partial charge on any atom is -0.340 e. The number of amides is 1. The van der Waals surface area contributed by atoms with Crippen molar-refractivity contribution in [3.63, 3.8) is 0 Å². The summed E-state index contributed by atoms with van der Waals surface area (Å²) < 4.78 is 0. The van der Waals surface area contributed by atoms with Crippen molar-refractivity contribution in [2.45, 2.75) is 6.04 Å². The fourth-order valence-corrected chi connectivity index (χ4v) is 1.24. The lowest BCUT2D eigenvalue weighted by atomic mass is 10.1. The Morgan fingerprint density at radius 1 is 1.43 bits per heavy atom. The van der Waals surface area contributed by atoms with Gasteiger partial charge in [-0.1, -0.05) is 0 Å².